The molecule has 0 bridgehead atoms. The Morgan fingerprint density at radius 1 is 0.455 bits per heavy atom. The molecule has 0 radical (unpaired) electrons. The van der Waals surface area contributed by atoms with E-state index in [2.05, 4.69) is 218 Å². The molecule has 0 saturated heterocycles. The molecule has 0 fully saturated rings. The quantitative estimate of drug-likeness (QED) is 0.174. The number of nitrogens with zero attached hydrogens (tertiary/aromatic N) is 3. The first-order valence-corrected chi connectivity index (χ1v) is 19.4. The summed E-state index contributed by atoms with van der Waals surface area (Å²) in [5.41, 5.74) is 18.6. The van der Waals surface area contributed by atoms with Gasteiger partial charge in [-0.25, -0.2) is 0 Å². The van der Waals surface area contributed by atoms with Gasteiger partial charge in [0.25, 0.3) is 0 Å². The molecule has 3 nitrogen and oxygen atoms in total. The van der Waals surface area contributed by atoms with E-state index in [9.17, 15) is 0 Å². The zero-order chi connectivity index (χ0) is 37.1. The maximum Gasteiger partial charge on any atom is 0.0763 e. The summed E-state index contributed by atoms with van der Waals surface area (Å²) in [7, 11) is 0. The molecule has 3 heterocycles. The highest BCUT2D eigenvalue weighted by Crippen LogP contribution is 2.52. The molecule has 0 spiro atoms. The van der Waals surface area contributed by atoms with Gasteiger partial charge < -0.3 is 14.0 Å². The van der Waals surface area contributed by atoms with Gasteiger partial charge in [-0.1, -0.05) is 137 Å². The second-order valence-electron chi connectivity index (χ2n) is 16.3. The number of para-hydroxylation sites is 2. The molecule has 55 heavy (non-hydrogen) atoms. The van der Waals surface area contributed by atoms with Crippen LogP contribution in [0.1, 0.15) is 50.1 Å². The van der Waals surface area contributed by atoms with E-state index in [1.165, 1.54) is 77.8 Å². The first-order chi connectivity index (χ1) is 26.8. The largest absolute Gasteiger partial charge is 0.317 e. The first-order valence-electron chi connectivity index (χ1n) is 19.4. The van der Waals surface area contributed by atoms with E-state index in [-0.39, 0.29) is 10.8 Å². The second-order valence-corrected chi connectivity index (χ2v) is 16.3. The SMILES string of the molecule is CC1(C)c2ccccc2-c2ccc(N(c3ccc(-c4ccccc4)cc3)c3ccc4c(c3)c3cn5c(c3n4-c3ccccc3)C(C)(C)c3ccccc3-5)cc21. The van der Waals surface area contributed by atoms with Gasteiger partial charge in [0.15, 0.2) is 0 Å². The van der Waals surface area contributed by atoms with Gasteiger partial charge in [-0.15, -0.1) is 0 Å². The van der Waals surface area contributed by atoms with E-state index < -0.39 is 0 Å². The lowest BCUT2D eigenvalue weighted by Gasteiger charge is -2.28. The van der Waals surface area contributed by atoms with Crippen molar-refractivity contribution in [2.75, 3.05) is 4.90 Å². The van der Waals surface area contributed by atoms with Gasteiger partial charge in [0.1, 0.15) is 0 Å². The van der Waals surface area contributed by atoms with Crippen LogP contribution in [0.5, 0.6) is 0 Å². The van der Waals surface area contributed by atoms with Crippen molar-refractivity contribution in [1.29, 1.82) is 0 Å². The minimum atomic E-state index is -0.163. The average Bonchev–Trinajstić information content (AvgIpc) is 3.89. The van der Waals surface area contributed by atoms with Crippen LogP contribution in [-0.4, -0.2) is 9.13 Å². The molecular weight excluding hydrogens is 667 g/mol. The third-order valence-corrected chi connectivity index (χ3v) is 12.5. The zero-order valence-corrected chi connectivity index (χ0v) is 31.6. The Hall–Kier alpha value is -6.58. The molecule has 0 atom stereocenters. The lowest BCUT2D eigenvalue weighted by atomic mass is 9.82. The average molecular weight is 708 g/mol. The van der Waals surface area contributed by atoms with E-state index in [0.29, 0.717) is 0 Å². The van der Waals surface area contributed by atoms with Crippen LogP contribution in [-0.2, 0) is 10.8 Å². The number of benzene rings is 7. The minimum Gasteiger partial charge on any atom is -0.317 e. The summed E-state index contributed by atoms with van der Waals surface area (Å²) in [4.78, 5) is 2.45. The van der Waals surface area contributed by atoms with Crippen LogP contribution < -0.4 is 4.90 Å². The molecule has 0 saturated carbocycles. The molecule has 0 N–H and O–H groups in total. The predicted octanol–water partition coefficient (Wildman–Crippen LogP) is 13.7. The Bertz CT molecular complexity index is 2960. The van der Waals surface area contributed by atoms with E-state index in [4.69, 9.17) is 0 Å². The molecular formula is C52H41N3. The van der Waals surface area contributed by atoms with E-state index in [1.54, 1.807) is 0 Å². The summed E-state index contributed by atoms with van der Waals surface area (Å²) in [5.74, 6) is 0. The molecule has 7 aromatic carbocycles. The second kappa shape index (κ2) is 11.5. The third-order valence-electron chi connectivity index (χ3n) is 12.5. The van der Waals surface area contributed by atoms with Gasteiger partial charge in [-0.3, -0.25) is 0 Å². The Morgan fingerprint density at radius 2 is 1.05 bits per heavy atom. The van der Waals surface area contributed by atoms with Crippen LogP contribution in [0.2, 0.25) is 0 Å². The van der Waals surface area contributed by atoms with Crippen molar-refractivity contribution in [3.05, 3.63) is 198 Å². The topological polar surface area (TPSA) is 13.1 Å². The molecule has 9 aromatic rings. The van der Waals surface area contributed by atoms with Crippen molar-refractivity contribution >= 4 is 38.9 Å². The molecule has 1 aliphatic carbocycles. The maximum atomic E-state index is 2.49. The summed E-state index contributed by atoms with van der Waals surface area (Å²) in [6, 6.07) is 62.5. The third kappa shape index (κ3) is 4.50. The van der Waals surface area contributed by atoms with Gasteiger partial charge in [-0.2, -0.15) is 0 Å². The number of hydrogen-bond acceptors (Lipinski definition) is 1. The monoisotopic (exact) mass is 707 g/mol. The maximum absolute atomic E-state index is 2.49. The number of aromatic nitrogens is 2. The van der Waals surface area contributed by atoms with Gasteiger partial charge in [0.05, 0.1) is 16.7 Å². The smallest absolute Gasteiger partial charge is 0.0763 e. The number of anilines is 3. The summed E-state index contributed by atoms with van der Waals surface area (Å²) in [6.07, 6.45) is 2.39. The van der Waals surface area contributed by atoms with Crippen molar-refractivity contribution in [3.8, 4) is 33.6 Å². The summed E-state index contributed by atoms with van der Waals surface area (Å²) >= 11 is 0. The van der Waals surface area contributed by atoms with Crippen molar-refractivity contribution in [2.45, 2.75) is 38.5 Å². The lowest BCUT2D eigenvalue weighted by Crippen LogP contribution is -2.16. The fourth-order valence-corrected chi connectivity index (χ4v) is 9.80. The molecule has 3 heteroatoms. The van der Waals surface area contributed by atoms with Crippen LogP contribution >= 0.6 is 0 Å². The Kier molecular flexibility index (Phi) is 6.65. The molecule has 2 aliphatic rings. The summed E-state index contributed by atoms with van der Waals surface area (Å²) in [5, 5.41) is 2.51. The van der Waals surface area contributed by atoms with Crippen LogP contribution in [0, 0.1) is 0 Å². The first kappa shape index (κ1) is 31.9. The van der Waals surface area contributed by atoms with Crippen LogP contribution in [0.4, 0.5) is 17.1 Å². The molecule has 11 rings (SSSR count). The van der Waals surface area contributed by atoms with Crippen molar-refractivity contribution in [2.24, 2.45) is 0 Å². The van der Waals surface area contributed by atoms with Crippen LogP contribution in [0.3, 0.4) is 0 Å². The molecule has 2 aromatic heterocycles. The fraction of sp³-hybridized carbons (Fsp3) is 0.115. The van der Waals surface area contributed by atoms with Gasteiger partial charge in [0, 0.05) is 56.2 Å². The predicted molar refractivity (Wildman–Crippen MR) is 230 cm³/mol. The molecule has 1 aliphatic heterocycles. The van der Waals surface area contributed by atoms with E-state index >= 15 is 0 Å². The van der Waals surface area contributed by atoms with Crippen molar-refractivity contribution in [1.82, 2.24) is 9.13 Å². The zero-order valence-electron chi connectivity index (χ0n) is 31.6. The Balaban J connectivity index is 1.15. The number of hydrogen-bond donors (Lipinski definition) is 0. The number of rotatable bonds is 5. The van der Waals surface area contributed by atoms with E-state index in [1.807, 2.05) is 0 Å². The Morgan fingerprint density at radius 3 is 1.84 bits per heavy atom. The van der Waals surface area contributed by atoms with Gasteiger partial charge in [0.2, 0.25) is 0 Å². The van der Waals surface area contributed by atoms with Crippen LogP contribution in [0.15, 0.2) is 176 Å². The highest BCUT2D eigenvalue weighted by atomic mass is 15.1. The summed E-state index contributed by atoms with van der Waals surface area (Å²) < 4.78 is 4.94. The minimum absolute atomic E-state index is 0.107. The normalized spacial score (nSPS) is 14.5. The Labute approximate surface area is 322 Å². The molecule has 0 unspecified atom stereocenters. The highest BCUT2D eigenvalue weighted by Gasteiger charge is 2.40. The van der Waals surface area contributed by atoms with Gasteiger partial charge >= 0.3 is 0 Å². The van der Waals surface area contributed by atoms with Crippen molar-refractivity contribution < 1.29 is 0 Å². The molecule has 264 valence electrons. The van der Waals surface area contributed by atoms with Gasteiger partial charge in [-0.05, 0) is 99.6 Å². The summed E-state index contributed by atoms with van der Waals surface area (Å²) in [6.45, 7) is 9.47. The number of fused-ring (bicyclic) bond motifs is 10. The lowest BCUT2D eigenvalue weighted by molar-refractivity contribution is 0.646. The van der Waals surface area contributed by atoms with E-state index in [0.717, 1.165) is 17.1 Å². The standard InChI is InChI=1S/C52H41N3/c1-51(2)44-20-12-11-19-40(44)41-29-27-39(32-46(41)51)54(37-25-23-35(24-26-37)34-15-7-5-8-16-34)38-28-30-47-42(31-38)43-33-53-48-22-14-13-21-45(48)52(3,4)50(53)49(43)55(47)36-17-9-6-10-18-36/h5-33H,1-4H3. The molecule has 0 amide bonds. The van der Waals surface area contributed by atoms with Crippen LogP contribution in [0.25, 0.3) is 55.4 Å². The van der Waals surface area contributed by atoms with Crippen molar-refractivity contribution in [3.63, 3.8) is 0 Å². The highest BCUT2D eigenvalue weighted by molar-refractivity contribution is 6.13. The fourth-order valence-electron chi connectivity index (χ4n) is 9.80.